The van der Waals surface area contributed by atoms with E-state index in [1.165, 1.54) is 19.9 Å². The topological polar surface area (TPSA) is 52.9 Å². The van der Waals surface area contributed by atoms with Crippen LogP contribution in [0.2, 0.25) is 10.0 Å². The maximum absolute atomic E-state index is 11.7. The van der Waals surface area contributed by atoms with E-state index in [9.17, 15) is 4.79 Å². The van der Waals surface area contributed by atoms with E-state index in [4.69, 9.17) is 28.5 Å². The van der Waals surface area contributed by atoms with Gasteiger partial charge in [-0.3, -0.25) is 4.79 Å². The quantitative estimate of drug-likeness (QED) is 0.881. The highest BCUT2D eigenvalue weighted by Gasteiger charge is 2.27. The van der Waals surface area contributed by atoms with E-state index in [1.807, 2.05) is 6.07 Å². The molecule has 84 valence electrons. The average molecular weight is 257 g/mol. The Bertz CT molecular complexity index is 464. The normalized spacial score (nSPS) is 10.7. The molecule has 0 aliphatic carbocycles. The van der Waals surface area contributed by atoms with E-state index in [1.54, 1.807) is 12.1 Å². The van der Waals surface area contributed by atoms with Crippen LogP contribution < -0.4 is 5.32 Å². The number of carbonyl (C=O) groups excluding carboxylic acids is 1. The van der Waals surface area contributed by atoms with Crippen molar-refractivity contribution in [1.29, 1.82) is 5.26 Å². The number of nitrogens with one attached hydrogen (secondary N) is 1. The highest BCUT2D eigenvalue weighted by Crippen LogP contribution is 2.27. The Labute approximate surface area is 104 Å². The molecule has 0 heterocycles. The Hall–Kier alpha value is -1.24. The second-order valence-electron chi connectivity index (χ2n) is 3.82. The second-order valence-corrected chi connectivity index (χ2v) is 4.66. The molecule has 1 amide bonds. The van der Waals surface area contributed by atoms with Crippen LogP contribution in [0.25, 0.3) is 0 Å². The van der Waals surface area contributed by atoms with Crippen LogP contribution >= 0.6 is 23.2 Å². The molecule has 1 aromatic carbocycles. The van der Waals surface area contributed by atoms with Crippen LogP contribution in [0.4, 0.5) is 5.69 Å². The van der Waals surface area contributed by atoms with Gasteiger partial charge in [-0.25, -0.2) is 0 Å². The van der Waals surface area contributed by atoms with Crippen molar-refractivity contribution in [1.82, 2.24) is 0 Å². The first-order chi connectivity index (χ1) is 7.36. The molecular weight excluding hydrogens is 247 g/mol. The van der Waals surface area contributed by atoms with E-state index in [0.717, 1.165) is 0 Å². The summed E-state index contributed by atoms with van der Waals surface area (Å²) < 4.78 is 0. The molecule has 0 bridgehead atoms. The van der Waals surface area contributed by atoms with Gasteiger partial charge in [-0.15, -0.1) is 0 Å². The highest BCUT2D eigenvalue weighted by molar-refractivity contribution is 6.35. The molecule has 16 heavy (non-hydrogen) atoms. The molecule has 1 rings (SSSR count). The Balaban J connectivity index is 2.94. The SMILES string of the molecule is CC(C)(C#N)C(=O)Nc1cc(Cl)ccc1Cl. The fraction of sp³-hybridized carbons (Fsp3) is 0.273. The Morgan fingerprint density at radius 3 is 2.62 bits per heavy atom. The van der Waals surface area contributed by atoms with Crippen LogP contribution in [0.3, 0.4) is 0 Å². The molecule has 0 spiro atoms. The third kappa shape index (κ3) is 2.88. The van der Waals surface area contributed by atoms with E-state index in [2.05, 4.69) is 5.32 Å². The Morgan fingerprint density at radius 2 is 2.06 bits per heavy atom. The standard InChI is InChI=1S/C11H10Cl2N2O/c1-11(2,6-14)10(16)15-9-5-7(12)3-4-8(9)13/h3-5H,1-2H3,(H,15,16). The lowest BCUT2D eigenvalue weighted by Crippen LogP contribution is -2.29. The van der Waals surface area contributed by atoms with Crippen molar-refractivity contribution in [3.05, 3.63) is 28.2 Å². The third-order valence-corrected chi connectivity index (χ3v) is 2.59. The molecule has 0 saturated heterocycles. The first kappa shape index (κ1) is 12.8. The minimum absolute atomic E-state index is 0.381. The Kier molecular flexibility index (Phi) is 3.79. The fourth-order valence-electron chi connectivity index (χ4n) is 0.923. The number of carbonyl (C=O) groups is 1. The summed E-state index contributed by atoms with van der Waals surface area (Å²) in [6.45, 7) is 3.06. The minimum Gasteiger partial charge on any atom is -0.323 e. The van der Waals surface area contributed by atoms with E-state index in [-0.39, 0.29) is 0 Å². The third-order valence-electron chi connectivity index (χ3n) is 2.02. The number of anilines is 1. The molecule has 1 aromatic rings. The molecule has 1 N–H and O–H groups in total. The summed E-state index contributed by atoms with van der Waals surface area (Å²) >= 11 is 11.7. The van der Waals surface area contributed by atoms with Gasteiger partial charge in [0.25, 0.3) is 0 Å². The zero-order valence-electron chi connectivity index (χ0n) is 8.84. The zero-order chi connectivity index (χ0) is 12.3. The van der Waals surface area contributed by atoms with Crippen LogP contribution in [0.5, 0.6) is 0 Å². The number of nitrogens with zero attached hydrogens (tertiary/aromatic N) is 1. The average Bonchev–Trinajstić information content (AvgIpc) is 2.23. The van der Waals surface area contributed by atoms with Crippen molar-refractivity contribution < 1.29 is 4.79 Å². The second kappa shape index (κ2) is 4.73. The summed E-state index contributed by atoms with van der Waals surface area (Å²) in [5.74, 6) is -0.417. The maximum Gasteiger partial charge on any atom is 0.244 e. The van der Waals surface area contributed by atoms with Gasteiger partial charge < -0.3 is 5.32 Å². The molecule has 0 aromatic heterocycles. The van der Waals surface area contributed by atoms with Gasteiger partial charge in [0, 0.05) is 5.02 Å². The lowest BCUT2D eigenvalue weighted by Gasteiger charge is -2.15. The van der Waals surface area contributed by atoms with Crippen LogP contribution in [0, 0.1) is 16.7 Å². The lowest BCUT2D eigenvalue weighted by molar-refractivity contribution is -0.121. The van der Waals surface area contributed by atoms with Gasteiger partial charge >= 0.3 is 0 Å². The van der Waals surface area contributed by atoms with Crippen molar-refractivity contribution in [3.63, 3.8) is 0 Å². The molecule has 0 fully saturated rings. The first-order valence-corrected chi connectivity index (χ1v) is 5.30. The molecule has 5 heteroatoms. The molecule has 3 nitrogen and oxygen atoms in total. The number of hydrogen-bond donors (Lipinski definition) is 1. The number of hydrogen-bond acceptors (Lipinski definition) is 2. The summed E-state index contributed by atoms with van der Waals surface area (Å²) in [6.07, 6.45) is 0. The number of rotatable bonds is 2. The number of nitriles is 1. The molecule has 0 aliphatic heterocycles. The van der Waals surface area contributed by atoms with Crippen molar-refractivity contribution in [2.45, 2.75) is 13.8 Å². The molecule has 0 radical (unpaired) electrons. The molecule has 0 saturated carbocycles. The van der Waals surface area contributed by atoms with Crippen molar-refractivity contribution in [2.24, 2.45) is 5.41 Å². The molecular formula is C11H10Cl2N2O. The number of benzene rings is 1. The summed E-state index contributed by atoms with van der Waals surface area (Å²) in [6, 6.07) is 6.65. The van der Waals surface area contributed by atoms with Gasteiger partial charge in [0.2, 0.25) is 5.91 Å². The molecule has 0 atom stereocenters. The van der Waals surface area contributed by atoms with Gasteiger partial charge in [-0.2, -0.15) is 5.26 Å². The lowest BCUT2D eigenvalue weighted by atomic mass is 9.94. The van der Waals surface area contributed by atoms with Gasteiger partial charge in [-0.05, 0) is 32.0 Å². The van der Waals surface area contributed by atoms with Gasteiger partial charge in [0.05, 0.1) is 16.8 Å². The monoisotopic (exact) mass is 256 g/mol. The maximum atomic E-state index is 11.7. The molecule has 0 unspecified atom stereocenters. The van der Waals surface area contributed by atoms with Crippen molar-refractivity contribution in [3.8, 4) is 6.07 Å². The summed E-state index contributed by atoms with van der Waals surface area (Å²) in [5, 5.41) is 12.2. The summed E-state index contributed by atoms with van der Waals surface area (Å²) in [5.41, 5.74) is -0.700. The van der Waals surface area contributed by atoms with E-state index in [0.29, 0.717) is 15.7 Å². The molecule has 0 aliphatic rings. The smallest absolute Gasteiger partial charge is 0.244 e. The van der Waals surface area contributed by atoms with Crippen LogP contribution in [-0.2, 0) is 4.79 Å². The summed E-state index contributed by atoms with van der Waals surface area (Å²) in [7, 11) is 0. The Morgan fingerprint density at radius 1 is 1.44 bits per heavy atom. The van der Waals surface area contributed by atoms with E-state index >= 15 is 0 Å². The fourth-order valence-corrected chi connectivity index (χ4v) is 1.26. The minimum atomic E-state index is -1.11. The first-order valence-electron chi connectivity index (χ1n) is 4.54. The largest absolute Gasteiger partial charge is 0.323 e. The predicted molar refractivity (Wildman–Crippen MR) is 64.5 cm³/mol. The van der Waals surface area contributed by atoms with Crippen LogP contribution in [-0.4, -0.2) is 5.91 Å². The highest BCUT2D eigenvalue weighted by atomic mass is 35.5. The van der Waals surface area contributed by atoms with Crippen LogP contribution in [0.1, 0.15) is 13.8 Å². The number of amides is 1. The van der Waals surface area contributed by atoms with Crippen LogP contribution in [0.15, 0.2) is 18.2 Å². The van der Waals surface area contributed by atoms with E-state index < -0.39 is 11.3 Å². The van der Waals surface area contributed by atoms with Gasteiger partial charge in [0.15, 0.2) is 0 Å². The van der Waals surface area contributed by atoms with Gasteiger partial charge in [0.1, 0.15) is 5.41 Å². The van der Waals surface area contributed by atoms with Gasteiger partial charge in [-0.1, -0.05) is 23.2 Å². The number of halogens is 2. The van der Waals surface area contributed by atoms with Crippen molar-refractivity contribution >= 4 is 34.8 Å². The summed E-state index contributed by atoms with van der Waals surface area (Å²) in [4.78, 5) is 11.7. The zero-order valence-corrected chi connectivity index (χ0v) is 10.4. The predicted octanol–water partition coefficient (Wildman–Crippen LogP) is 3.48. The van der Waals surface area contributed by atoms with Crippen molar-refractivity contribution in [2.75, 3.05) is 5.32 Å².